The molecule has 4 aromatic rings. The number of thiol groups is 1. The van der Waals surface area contributed by atoms with E-state index in [9.17, 15) is 19.7 Å². The molecule has 10 atom stereocenters. The summed E-state index contributed by atoms with van der Waals surface area (Å²) in [5.41, 5.74) is 12.8. The first-order valence-electron chi connectivity index (χ1n) is 12.8. The molecular weight excluding hydrogens is 666 g/mol. The first kappa shape index (κ1) is 30.2. The molecule has 0 aliphatic carbocycles. The van der Waals surface area contributed by atoms with E-state index < -0.39 is 75.8 Å². The van der Waals surface area contributed by atoms with Gasteiger partial charge >= 0.3 is 13.5 Å². The van der Waals surface area contributed by atoms with Crippen LogP contribution in [-0.2, 0) is 43.9 Å². The Bertz CT molecular complexity index is 1830. The van der Waals surface area contributed by atoms with Gasteiger partial charge in [-0.2, -0.15) is 0 Å². The lowest BCUT2D eigenvalue weighted by atomic mass is 10.1. The molecule has 3 unspecified atom stereocenters. The third kappa shape index (κ3) is 5.28. The summed E-state index contributed by atoms with van der Waals surface area (Å²) < 4.78 is 50.8. The highest BCUT2D eigenvalue weighted by Gasteiger charge is 2.53. The standard InChI is InChI=1S/C20H24N10O10P2S2/c21-15-9-17(25-3-23-15)29(5-27-9)19-12(32)13-8(38-19)2-36-42(34,44)40-14-11(31)7(1-35-41(33,43)39-13)37-20(14)30-6-28-10-16(22)24-4-26-18(10)30/h3-8,11-14,19-20,31-32H,1-2H2,(H,33,43)(H,34,44)(H2,21,23,25)(H2,22,24,26)/t7-,8-,11-,12-,13-,14-,19?,20-,41?,42?/m1/s1. The zero-order chi connectivity index (χ0) is 31.0. The molecular formula is C20H24N10O10P2S2. The second-order valence-corrected chi connectivity index (χ2v) is 15.6. The number of hydrogen-bond donors (Lipinski definition) is 6. The molecule has 3 fully saturated rings. The summed E-state index contributed by atoms with van der Waals surface area (Å²) in [4.78, 5) is 35.5. The molecule has 20 nitrogen and oxygen atoms in total. The van der Waals surface area contributed by atoms with Gasteiger partial charge < -0.3 is 40.6 Å². The van der Waals surface area contributed by atoms with Gasteiger partial charge in [0.05, 0.1) is 25.9 Å². The number of hydrogen-bond acceptors (Lipinski definition) is 18. The van der Waals surface area contributed by atoms with Crippen molar-refractivity contribution in [3.63, 3.8) is 0 Å². The number of nitrogen functional groups attached to an aromatic ring is 2. The summed E-state index contributed by atoms with van der Waals surface area (Å²) in [6, 6.07) is 0. The van der Waals surface area contributed by atoms with Crippen molar-refractivity contribution in [2.45, 2.75) is 49.1 Å². The van der Waals surface area contributed by atoms with Crippen molar-refractivity contribution in [3.05, 3.63) is 25.3 Å². The third-order valence-corrected chi connectivity index (χ3v) is 10.4. The summed E-state index contributed by atoms with van der Waals surface area (Å²) in [6.45, 7) is -9.47. The van der Waals surface area contributed by atoms with Gasteiger partial charge in [-0.3, -0.25) is 22.7 Å². The molecule has 2 bridgehead atoms. The Hall–Kier alpha value is -2.43. The minimum atomic E-state index is -4.30. The monoisotopic (exact) mass is 690 g/mol. The zero-order valence-electron chi connectivity index (χ0n) is 22.0. The van der Waals surface area contributed by atoms with E-state index in [0.717, 1.165) is 0 Å². The van der Waals surface area contributed by atoms with E-state index in [2.05, 4.69) is 42.2 Å². The molecule has 0 radical (unpaired) electrons. The van der Waals surface area contributed by atoms with Crippen LogP contribution in [0.1, 0.15) is 12.5 Å². The Morgan fingerprint density at radius 2 is 1.39 bits per heavy atom. The molecule has 24 heteroatoms. The molecule has 0 spiro atoms. The minimum absolute atomic E-state index is 0.0966. The van der Waals surface area contributed by atoms with Gasteiger partial charge in [0.2, 0.25) is 0 Å². The number of aliphatic hydroxyl groups is 2. The fraction of sp³-hybridized carbons (Fsp3) is 0.500. The lowest BCUT2D eigenvalue weighted by Gasteiger charge is -2.27. The van der Waals surface area contributed by atoms with Crippen LogP contribution in [0.3, 0.4) is 0 Å². The van der Waals surface area contributed by atoms with E-state index in [1.54, 1.807) is 0 Å². The smallest absolute Gasteiger partial charge is 0.386 e. The van der Waals surface area contributed by atoms with E-state index in [1.807, 2.05) is 0 Å². The normalized spacial score (nSPS) is 38.3. The average Bonchev–Trinajstić information content (AvgIpc) is 3.73. The molecule has 236 valence electrons. The maximum absolute atomic E-state index is 13.5. The Morgan fingerprint density at radius 3 is 2.02 bits per heavy atom. The van der Waals surface area contributed by atoms with Crippen LogP contribution >= 0.6 is 25.8 Å². The fourth-order valence-electron chi connectivity index (χ4n) is 5.22. The van der Waals surface area contributed by atoms with Crippen molar-refractivity contribution in [2.24, 2.45) is 0 Å². The maximum Gasteiger partial charge on any atom is 0.386 e. The van der Waals surface area contributed by atoms with Gasteiger partial charge in [-0.15, -0.1) is 0 Å². The minimum Gasteiger partial charge on any atom is -0.387 e. The third-order valence-electron chi connectivity index (χ3n) is 7.26. The highest BCUT2D eigenvalue weighted by molar-refractivity contribution is 8.44. The van der Waals surface area contributed by atoms with E-state index in [4.69, 9.17) is 50.8 Å². The van der Waals surface area contributed by atoms with Crippen LogP contribution < -0.4 is 11.5 Å². The Morgan fingerprint density at radius 1 is 0.818 bits per heavy atom. The molecule has 3 aliphatic heterocycles. The van der Waals surface area contributed by atoms with Crippen molar-refractivity contribution in [1.29, 1.82) is 0 Å². The van der Waals surface area contributed by atoms with E-state index in [1.165, 1.54) is 34.4 Å². The molecule has 7 rings (SSSR count). The number of nitrogens with two attached hydrogens (primary N) is 2. The summed E-state index contributed by atoms with van der Waals surface area (Å²) in [5, 5.41) is 22.4. The molecule has 3 saturated heterocycles. The quantitative estimate of drug-likeness (QED) is 0.113. The van der Waals surface area contributed by atoms with Crippen LogP contribution in [0.5, 0.6) is 0 Å². The second kappa shape index (κ2) is 11.1. The number of ether oxygens (including phenoxy) is 2. The van der Waals surface area contributed by atoms with Crippen LogP contribution in [0.4, 0.5) is 11.6 Å². The molecule has 44 heavy (non-hydrogen) atoms. The summed E-state index contributed by atoms with van der Waals surface area (Å²) >= 11 is 9.34. The van der Waals surface area contributed by atoms with Crippen molar-refractivity contribution in [3.8, 4) is 0 Å². The van der Waals surface area contributed by atoms with Crippen LogP contribution in [-0.4, -0.2) is 104 Å². The van der Waals surface area contributed by atoms with Gasteiger partial charge in [0.25, 0.3) is 0 Å². The summed E-state index contributed by atoms with van der Waals surface area (Å²) in [5.74, 6) is 0.201. The van der Waals surface area contributed by atoms with Crippen molar-refractivity contribution in [1.82, 2.24) is 39.0 Å². The molecule has 3 aliphatic rings. The lowest BCUT2D eigenvalue weighted by molar-refractivity contribution is -0.0588. The number of imidazole rings is 2. The summed E-state index contributed by atoms with van der Waals surface area (Å²) in [7, 11) is 0. The van der Waals surface area contributed by atoms with Crippen LogP contribution in [0.2, 0.25) is 0 Å². The van der Waals surface area contributed by atoms with Crippen molar-refractivity contribution < 1.29 is 47.2 Å². The molecule has 0 amide bonds. The molecule has 0 saturated carbocycles. The van der Waals surface area contributed by atoms with Crippen molar-refractivity contribution in [2.75, 3.05) is 24.7 Å². The molecule has 7 heterocycles. The van der Waals surface area contributed by atoms with Gasteiger partial charge in [0.1, 0.15) is 60.3 Å². The fourth-order valence-corrected chi connectivity index (χ4v) is 8.13. The molecule has 7 N–H and O–H groups in total. The topological polar surface area (TPSA) is 272 Å². The number of aliphatic hydroxyl groups excluding tert-OH is 2. The lowest BCUT2D eigenvalue weighted by Crippen LogP contribution is -2.36. The Labute approximate surface area is 256 Å². The van der Waals surface area contributed by atoms with Crippen LogP contribution in [0, 0.1) is 0 Å². The highest BCUT2D eigenvalue weighted by Crippen LogP contribution is 2.58. The highest BCUT2D eigenvalue weighted by atomic mass is 32.7. The van der Waals surface area contributed by atoms with Gasteiger partial charge in [-0.25, -0.2) is 34.5 Å². The van der Waals surface area contributed by atoms with Crippen molar-refractivity contribution >= 4 is 71.5 Å². The average molecular weight is 691 g/mol. The largest absolute Gasteiger partial charge is 0.387 e. The predicted octanol–water partition coefficient (Wildman–Crippen LogP) is -0.581. The number of fused-ring (bicyclic) bond motifs is 5. The van der Waals surface area contributed by atoms with E-state index in [-0.39, 0.29) is 34.0 Å². The first-order chi connectivity index (χ1) is 20.9. The Balaban J connectivity index is 1.20. The first-order valence-corrected chi connectivity index (χ1v) is 18.1. The van der Waals surface area contributed by atoms with Gasteiger partial charge in [0, 0.05) is 0 Å². The zero-order valence-corrected chi connectivity index (χ0v) is 25.5. The number of anilines is 2. The van der Waals surface area contributed by atoms with Gasteiger partial charge in [-0.1, -0.05) is 12.2 Å². The van der Waals surface area contributed by atoms with Crippen LogP contribution in [0.25, 0.3) is 22.3 Å². The van der Waals surface area contributed by atoms with E-state index in [0.29, 0.717) is 0 Å². The SMILES string of the molecule is Nc1ncnc2c1ncn2C1O[C@@H]2COP(=O)(S)O[C@@H]3[C@H](O)[C@@H](COP(O)(=S)O[C@H]2[C@H]1O)O[C@H]3n1cnc2c(N)ncnc21. The van der Waals surface area contributed by atoms with Crippen LogP contribution in [0.15, 0.2) is 25.3 Å². The number of aromatic nitrogens is 8. The maximum atomic E-state index is 13.5. The van der Waals surface area contributed by atoms with Gasteiger partial charge in [-0.05, 0) is 11.8 Å². The predicted molar refractivity (Wildman–Crippen MR) is 154 cm³/mol. The Kier molecular flexibility index (Phi) is 7.64. The molecule has 4 aromatic heterocycles. The number of nitrogens with zero attached hydrogens (tertiary/aromatic N) is 8. The molecule has 0 aromatic carbocycles. The van der Waals surface area contributed by atoms with Gasteiger partial charge in [0.15, 0.2) is 35.4 Å². The van der Waals surface area contributed by atoms with E-state index >= 15 is 0 Å². The second-order valence-electron chi connectivity index (χ2n) is 9.95. The number of rotatable bonds is 2. The summed E-state index contributed by atoms with van der Waals surface area (Å²) in [6.07, 6.45) is -5.40.